The molecule has 4 atom stereocenters. The third-order valence-corrected chi connectivity index (χ3v) is 12.8. The fraction of sp³-hybridized carbons (Fsp3) is 0.340. The predicted octanol–water partition coefficient (Wildman–Crippen LogP) is 8.06. The number of aromatic nitrogens is 1. The van der Waals surface area contributed by atoms with Crippen LogP contribution in [0, 0.1) is 47.5 Å². The van der Waals surface area contributed by atoms with Gasteiger partial charge >= 0.3 is 5.97 Å². The molecule has 0 radical (unpaired) electrons. The summed E-state index contributed by atoms with van der Waals surface area (Å²) in [4.78, 5) is 32.6. The number of hydrogen-bond donors (Lipinski definition) is 2. The van der Waals surface area contributed by atoms with E-state index in [4.69, 9.17) is 0 Å². The molecule has 0 unspecified atom stereocenters. The standard InChI is InChI=1S/C26H28FN3O3S.C21H25NO2/c1-17-12-18(2)22(19(3)13-17)16-30-15-21(20-8-5-4-6-9-20)14-23(30)26(31)29-34(32,33)25-11-7-10-24(27)28-25;1-14-9-15(2)19(16(3)10-14)13-22-12-18(11-20(22)21(23)24)17-7-5-4-6-8-17/h4-13,21,23H,14-16H2,1-3H3,(H,29,31);4-10,18,20H,11-13H2,1-3H3,(H,23,24)/t21-,23-;18-,20-/m00/s1. The Morgan fingerprint density at radius 3 is 1.53 bits per heavy atom. The number of carboxylic acids is 1. The minimum Gasteiger partial charge on any atom is -0.480 e. The number of amides is 1. The van der Waals surface area contributed by atoms with Gasteiger partial charge in [0.2, 0.25) is 5.95 Å². The number of nitrogens with one attached hydrogen (secondary N) is 1. The normalized spacial score (nSPS) is 19.7. The van der Waals surface area contributed by atoms with Crippen molar-refractivity contribution >= 4 is 21.9 Å². The fourth-order valence-corrected chi connectivity index (χ4v) is 9.71. The number of rotatable bonds is 10. The van der Waals surface area contributed by atoms with Gasteiger partial charge in [0.25, 0.3) is 15.9 Å². The monoisotopic (exact) mass is 804 g/mol. The molecule has 3 heterocycles. The maximum Gasteiger partial charge on any atom is 0.320 e. The van der Waals surface area contributed by atoms with Crippen molar-refractivity contribution in [3.63, 3.8) is 0 Å². The first-order chi connectivity index (χ1) is 27.6. The van der Waals surface area contributed by atoms with Crippen LogP contribution in [0.4, 0.5) is 4.39 Å². The van der Waals surface area contributed by atoms with E-state index >= 15 is 0 Å². The van der Waals surface area contributed by atoms with Gasteiger partial charge in [-0.2, -0.15) is 12.8 Å². The van der Waals surface area contributed by atoms with Gasteiger partial charge < -0.3 is 5.11 Å². The molecule has 2 aliphatic heterocycles. The Morgan fingerprint density at radius 2 is 1.10 bits per heavy atom. The Morgan fingerprint density at radius 1 is 0.672 bits per heavy atom. The molecule has 1 aromatic heterocycles. The van der Waals surface area contributed by atoms with E-state index in [2.05, 4.69) is 85.6 Å². The molecule has 58 heavy (non-hydrogen) atoms. The summed E-state index contributed by atoms with van der Waals surface area (Å²) < 4.78 is 41.1. The lowest BCUT2D eigenvalue weighted by molar-refractivity contribution is -0.142. The number of nitrogens with zero attached hydrogens (tertiary/aromatic N) is 3. The van der Waals surface area contributed by atoms with E-state index in [1.807, 2.05) is 60.4 Å². The maximum atomic E-state index is 13.5. The van der Waals surface area contributed by atoms with Gasteiger partial charge in [-0.1, -0.05) is 102 Å². The molecular formula is C47H53FN4O5S. The maximum absolute atomic E-state index is 13.5. The molecule has 2 fully saturated rings. The quantitative estimate of drug-likeness (QED) is 0.136. The van der Waals surface area contributed by atoms with Crippen molar-refractivity contribution < 1.29 is 27.5 Å². The third kappa shape index (κ3) is 10.1. The summed E-state index contributed by atoms with van der Waals surface area (Å²) in [5.74, 6) is -1.90. The number of carboxylic acid groups (broad SMARTS) is 1. The van der Waals surface area contributed by atoms with Crippen molar-refractivity contribution in [2.75, 3.05) is 13.1 Å². The number of sulfonamides is 1. The van der Waals surface area contributed by atoms with Crippen molar-refractivity contribution in [2.45, 2.75) is 96.4 Å². The van der Waals surface area contributed by atoms with Gasteiger partial charge in [0.05, 0.1) is 6.04 Å². The lowest BCUT2D eigenvalue weighted by atomic mass is 9.96. The highest BCUT2D eigenvalue weighted by Crippen LogP contribution is 2.35. The molecule has 0 aliphatic carbocycles. The zero-order valence-corrected chi connectivity index (χ0v) is 34.9. The number of halogens is 1. The van der Waals surface area contributed by atoms with Gasteiger partial charge in [-0.05, 0) is 123 Å². The van der Waals surface area contributed by atoms with E-state index in [0.29, 0.717) is 38.4 Å². The van der Waals surface area contributed by atoms with Crippen LogP contribution < -0.4 is 4.72 Å². The molecule has 2 saturated heterocycles. The van der Waals surface area contributed by atoms with Gasteiger partial charge in [-0.15, -0.1) is 0 Å². The Kier molecular flexibility index (Phi) is 13.3. The van der Waals surface area contributed by atoms with E-state index < -0.39 is 45.0 Å². The van der Waals surface area contributed by atoms with Crippen molar-refractivity contribution in [3.8, 4) is 0 Å². The highest BCUT2D eigenvalue weighted by atomic mass is 32.2. The van der Waals surface area contributed by atoms with Crippen LogP contribution in [0.2, 0.25) is 0 Å². The average molecular weight is 805 g/mol. The van der Waals surface area contributed by atoms with Gasteiger partial charge in [-0.25, -0.2) is 9.71 Å². The second-order valence-corrected chi connectivity index (χ2v) is 17.6. The molecule has 9 nitrogen and oxygen atoms in total. The molecule has 0 spiro atoms. The Hall–Kier alpha value is -5.23. The van der Waals surface area contributed by atoms with E-state index in [-0.39, 0.29) is 5.92 Å². The van der Waals surface area contributed by atoms with E-state index in [0.717, 1.165) is 40.9 Å². The molecule has 0 saturated carbocycles. The van der Waals surface area contributed by atoms with Gasteiger partial charge in [0.1, 0.15) is 6.04 Å². The summed E-state index contributed by atoms with van der Waals surface area (Å²) in [6.45, 7) is 15.1. The Bertz CT molecular complexity index is 2330. The molecule has 0 bridgehead atoms. The SMILES string of the molecule is Cc1cc(C)c(CN2C[C@@H](c3ccccc3)C[C@H]2C(=O)NS(=O)(=O)c2cccc(F)n2)c(C)c1.Cc1cc(C)c(CN2C[C@@H](c3ccccc3)C[C@H]2C(=O)O)c(C)c1. The third-order valence-electron chi connectivity index (χ3n) is 11.5. The van der Waals surface area contributed by atoms with Crippen molar-refractivity contribution in [1.82, 2.24) is 19.5 Å². The molecule has 7 rings (SSSR count). The van der Waals surface area contributed by atoms with Crippen molar-refractivity contribution in [3.05, 3.63) is 165 Å². The largest absolute Gasteiger partial charge is 0.480 e. The van der Waals surface area contributed by atoms with Crippen LogP contribution in [0.15, 0.2) is 108 Å². The number of carbonyl (C=O) groups is 2. The second kappa shape index (κ2) is 18.1. The zero-order chi connectivity index (χ0) is 41.7. The van der Waals surface area contributed by atoms with Crippen LogP contribution in [0.25, 0.3) is 0 Å². The summed E-state index contributed by atoms with van der Waals surface area (Å²) in [7, 11) is -4.30. The molecule has 11 heteroatoms. The Labute approximate surface area is 342 Å². The molecule has 2 N–H and O–H groups in total. The number of pyridine rings is 1. The molecule has 5 aromatic rings. The average Bonchev–Trinajstić information content (AvgIpc) is 3.81. The first-order valence-electron chi connectivity index (χ1n) is 19.7. The summed E-state index contributed by atoms with van der Waals surface area (Å²) in [6, 6.07) is 31.2. The summed E-state index contributed by atoms with van der Waals surface area (Å²) in [5.41, 5.74) is 11.9. The van der Waals surface area contributed by atoms with Gasteiger partial charge in [-0.3, -0.25) is 19.4 Å². The fourth-order valence-electron chi connectivity index (χ4n) is 8.74. The van der Waals surface area contributed by atoms with Crippen LogP contribution in [0.5, 0.6) is 0 Å². The van der Waals surface area contributed by atoms with Crippen molar-refractivity contribution in [2.24, 2.45) is 0 Å². The molecular weight excluding hydrogens is 752 g/mol. The van der Waals surface area contributed by atoms with Gasteiger partial charge in [0, 0.05) is 26.2 Å². The number of aryl methyl sites for hydroxylation is 6. The first kappa shape index (κ1) is 42.4. The second-order valence-electron chi connectivity index (χ2n) is 15.9. The van der Waals surface area contributed by atoms with E-state index in [1.165, 1.54) is 39.4 Å². The van der Waals surface area contributed by atoms with Crippen LogP contribution in [-0.4, -0.2) is 65.4 Å². The summed E-state index contributed by atoms with van der Waals surface area (Å²) in [6.07, 6.45) is 1.16. The van der Waals surface area contributed by atoms with Crippen LogP contribution in [0.1, 0.15) is 80.3 Å². The summed E-state index contributed by atoms with van der Waals surface area (Å²) in [5, 5.41) is 9.15. The van der Waals surface area contributed by atoms with Crippen molar-refractivity contribution in [1.29, 1.82) is 0 Å². The minimum atomic E-state index is -4.30. The number of benzene rings is 4. The van der Waals surface area contributed by atoms with Crippen LogP contribution >= 0.6 is 0 Å². The number of carbonyl (C=O) groups excluding carboxylic acids is 1. The van der Waals surface area contributed by atoms with Crippen LogP contribution in [-0.2, 0) is 32.7 Å². The molecule has 4 aromatic carbocycles. The van der Waals surface area contributed by atoms with Gasteiger partial charge in [0.15, 0.2) is 5.03 Å². The topological polar surface area (TPSA) is 120 Å². The highest BCUT2D eigenvalue weighted by molar-refractivity contribution is 7.90. The van der Waals surface area contributed by atoms with E-state index in [9.17, 15) is 27.5 Å². The van der Waals surface area contributed by atoms with E-state index in [1.54, 1.807) is 0 Å². The number of likely N-dealkylation sites (tertiary alicyclic amines) is 2. The first-order valence-corrected chi connectivity index (χ1v) is 21.2. The number of hydrogen-bond acceptors (Lipinski definition) is 7. The lowest BCUT2D eigenvalue weighted by Gasteiger charge is -2.25. The highest BCUT2D eigenvalue weighted by Gasteiger charge is 2.40. The van der Waals surface area contributed by atoms with Crippen LogP contribution in [0.3, 0.4) is 0 Å². The zero-order valence-electron chi connectivity index (χ0n) is 34.1. The predicted molar refractivity (Wildman–Crippen MR) is 224 cm³/mol. The number of aliphatic carboxylic acids is 1. The smallest absolute Gasteiger partial charge is 0.320 e. The summed E-state index contributed by atoms with van der Waals surface area (Å²) >= 11 is 0. The molecule has 1 amide bonds. The minimum absolute atomic E-state index is 0.0815. The molecule has 304 valence electrons. The lowest BCUT2D eigenvalue weighted by Crippen LogP contribution is -2.45. The Balaban J connectivity index is 0.000000208. The molecule has 2 aliphatic rings.